The maximum Gasteiger partial charge on any atom is 0.142 e. The molecule has 0 aliphatic carbocycles. The van der Waals surface area contributed by atoms with Gasteiger partial charge >= 0.3 is 0 Å². The van der Waals surface area contributed by atoms with Crippen LogP contribution in [0.15, 0.2) is 18.2 Å². The van der Waals surface area contributed by atoms with Crippen LogP contribution in [0.2, 0.25) is 0 Å². The quantitative estimate of drug-likeness (QED) is 0.728. The number of anilines is 1. The predicted molar refractivity (Wildman–Crippen MR) is 104 cm³/mol. The van der Waals surface area contributed by atoms with E-state index >= 15 is 0 Å². The number of thiophene rings is 1. The topological polar surface area (TPSA) is 92.5 Å². The Morgan fingerprint density at radius 3 is 2.81 bits per heavy atom. The van der Waals surface area contributed by atoms with E-state index in [2.05, 4.69) is 36.3 Å². The number of aryl methyl sites for hydroxylation is 3. The van der Waals surface area contributed by atoms with E-state index in [1.54, 1.807) is 11.3 Å². The SMILES string of the molecule is Cc1cc(-c2cc(-c3cc4n(n3)CCCNC4)c(C#N)c(N)n2)c(C)s1. The Labute approximate surface area is 156 Å². The summed E-state index contributed by atoms with van der Waals surface area (Å²) in [5.41, 5.74) is 11.0. The summed E-state index contributed by atoms with van der Waals surface area (Å²) in [6, 6.07) is 8.31. The van der Waals surface area contributed by atoms with E-state index in [4.69, 9.17) is 10.8 Å². The van der Waals surface area contributed by atoms with Crippen molar-refractivity contribution >= 4 is 17.2 Å². The van der Waals surface area contributed by atoms with Crippen LogP contribution >= 0.6 is 11.3 Å². The fraction of sp³-hybridized carbons (Fsp3) is 0.316. The molecule has 132 valence electrons. The summed E-state index contributed by atoms with van der Waals surface area (Å²) in [6.45, 7) is 6.80. The molecule has 0 aromatic carbocycles. The number of aromatic nitrogens is 3. The molecule has 0 saturated carbocycles. The fourth-order valence-corrected chi connectivity index (χ4v) is 4.33. The average molecular weight is 364 g/mol. The second-order valence-electron chi connectivity index (χ2n) is 6.53. The van der Waals surface area contributed by atoms with Crippen molar-refractivity contribution in [3.63, 3.8) is 0 Å². The lowest BCUT2D eigenvalue weighted by atomic mass is 10.0. The highest BCUT2D eigenvalue weighted by Crippen LogP contribution is 2.35. The number of hydrogen-bond acceptors (Lipinski definition) is 6. The van der Waals surface area contributed by atoms with Crippen LogP contribution in [0.3, 0.4) is 0 Å². The van der Waals surface area contributed by atoms with Gasteiger partial charge in [0.1, 0.15) is 17.5 Å². The highest BCUT2D eigenvalue weighted by Gasteiger charge is 2.19. The minimum absolute atomic E-state index is 0.254. The van der Waals surface area contributed by atoms with Gasteiger partial charge < -0.3 is 11.1 Å². The van der Waals surface area contributed by atoms with Crippen molar-refractivity contribution in [1.29, 1.82) is 5.26 Å². The first kappa shape index (κ1) is 16.8. The van der Waals surface area contributed by atoms with E-state index in [1.807, 2.05) is 16.8 Å². The van der Waals surface area contributed by atoms with Gasteiger partial charge in [-0.1, -0.05) is 0 Å². The molecule has 0 saturated heterocycles. The van der Waals surface area contributed by atoms with Gasteiger partial charge in [-0.05, 0) is 45.0 Å². The van der Waals surface area contributed by atoms with Crippen molar-refractivity contribution in [2.75, 3.05) is 12.3 Å². The molecule has 3 aromatic rings. The summed E-state index contributed by atoms with van der Waals surface area (Å²) in [5, 5.41) is 17.7. The Hall–Kier alpha value is -2.69. The molecule has 0 atom stereocenters. The molecule has 1 aliphatic heterocycles. The number of hydrogen-bond donors (Lipinski definition) is 2. The Morgan fingerprint density at radius 2 is 2.08 bits per heavy atom. The second kappa shape index (κ2) is 6.56. The molecular formula is C19H20N6S. The van der Waals surface area contributed by atoms with Crippen molar-refractivity contribution in [1.82, 2.24) is 20.1 Å². The first-order chi connectivity index (χ1) is 12.6. The number of nitrogens with one attached hydrogen (secondary N) is 1. The van der Waals surface area contributed by atoms with E-state index in [-0.39, 0.29) is 5.82 Å². The van der Waals surface area contributed by atoms with Crippen molar-refractivity contribution in [2.24, 2.45) is 0 Å². The van der Waals surface area contributed by atoms with Crippen molar-refractivity contribution < 1.29 is 0 Å². The summed E-state index contributed by atoms with van der Waals surface area (Å²) in [7, 11) is 0. The van der Waals surface area contributed by atoms with Crippen molar-refractivity contribution in [2.45, 2.75) is 33.4 Å². The van der Waals surface area contributed by atoms with E-state index in [0.29, 0.717) is 5.56 Å². The van der Waals surface area contributed by atoms with Gasteiger partial charge in [0.05, 0.1) is 17.1 Å². The van der Waals surface area contributed by atoms with Crippen LogP contribution in [0, 0.1) is 25.2 Å². The molecule has 0 bridgehead atoms. The first-order valence-electron chi connectivity index (χ1n) is 8.62. The lowest BCUT2D eigenvalue weighted by Crippen LogP contribution is -2.11. The minimum atomic E-state index is 0.254. The van der Waals surface area contributed by atoms with Gasteiger partial charge in [-0.3, -0.25) is 4.68 Å². The fourth-order valence-electron chi connectivity index (χ4n) is 3.40. The van der Waals surface area contributed by atoms with Crippen LogP contribution < -0.4 is 11.1 Å². The molecule has 3 aromatic heterocycles. The Kier molecular flexibility index (Phi) is 4.23. The molecule has 4 rings (SSSR count). The van der Waals surface area contributed by atoms with Crippen LogP contribution in [0.5, 0.6) is 0 Å². The van der Waals surface area contributed by atoms with Crippen molar-refractivity contribution in [3.05, 3.63) is 39.2 Å². The maximum absolute atomic E-state index is 9.61. The number of nitriles is 1. The molecule has 4 heterocycles. The molecule has 1 aliphatic rings. The number of pyridine rings is 1. The largest absolute Gasteiger partial charge is 0.383 e. The zero-order chi connectivity index (χ0) is 18.3. The number of nitrogen functional groups attached to an aromatic ring is 1. The minimum Gasteiger partial charge on any atom is -0.383 e. The Balaban J connectivity index is 1.88. The highest BCUT2D eigenvalue weighted by molar-refractivity contribution is 7.12. The summed E-state index contributed by atoms with van der Waals surface area (Å²) in [4.78, 5) is 6.90. The maximum atomic E-state index is 9.61. The van der Waals surface area contributed by atoms with Crippen molar-refractivity contribution in [3.8, 4) is 28.6 Å². The Bertz CT molecular complexity index is 1000. The number of fused-ring (bicyclic) bond motifs is 1. The second-order valence-corrected chi connectivity index (χ2v) is 7.99. The molecule has 0 radical (unpaired) electrons. The smallest absolute Gasteiger partial charge is 0.142 e. The zero-order valence-corrected chi connectivity index (χ0v) is 15.7. The first-order valence-corrected chi connectivity index (χ1v) is 9.44. The summed E-state index contributed by atoms with van der Waals surface area (Å²) in [5.74, 6) is 0.254. The van der Waals surface area contributed by atoms with Gasteiger partial charge in [0.25, 0.3) is 0 Å². The molecule has 26 heavy (non-hydrogen) atoms. The molecule has 0 unspecified atom stereocenters. The molecule has 0 spiro atoms. The lowest BCUT2D eigenvalue weighted by Gasteiger charge is -2.08. The molecule has 0 amide bonds. The van der Waals surface area contributed by atoms with E-state index in [0.717, 1.165) is 54.3 Å². The lowest BCUT2D eigenvalue weighted by molar-refractivity contribution is 0.589. The van der Waals surface area contributed by atoms with E-state index in [1.165, 1.54) is 9.75 Å². The molecule has 3 N–H and O–H groups in total. The third kappa shape index (κ3) is 2.87. The summed E-state index contributed by atoms with van der Waals surface area (Å²) < 4.78 is 2.02. The molecule has 0 fully saturated rings. The Morgan fingerprint density at radius 1 is 1.23 bits per heavy atom. The third-order valence-electron chi connectivity index (χ3n) is 4.65. The monoisotopic (exact) mass is 364 g/mol. The van der Waals surface area contributed by atoms with Crippen LogP contribution in [-0.2, 0) is 13.1 Å². The molecule has 6 nitrogen and oxygen atoms in total. The number of nitrogens with zero attached hydrogens (tertiary/aromatic N) is 4. The van der Waals surface area contributed by atoms with Gasteiger partial charge in [0.15, 0.2) is 0 Å². The van der Waals surface area contributed by atoms with Crippen LogP contribution in [0.1, 0.15) is 27.4 Å². The average Bonchev–Trinajstić information content (AvgIpc) is 3.09. The van der Waals surface area contributed by atoms with Gasteiger partial charge in [-0.15, -0.1) is 11.3 Å². The highest BCUT2D eigenvalue weighted by atomic mass is 32.1. The normalized spacial score (nSPS) is 13.9. The molecule has 7 heteroatoms. The summed E-state index contributed by atoms with van der Waals surface area (Å²) in [6.07, 6.45) is 1.04. The van der Waals surface area contributed by atoms with Gasteiger partial charge in [-0.2, -0.15) is 10.4 Å². The molecular weight excluding hydrogens is 344 g/mol. The van der Waals surface area contributed by atoms with Gasteiger partial charge in [-0.25, -0.2) is 4.98 Å². The standard InChI is InChI=1S/C19H20N6S/c1-11-6-14(12(2)26-11)17-8-15(16(9-20)19(21)23-17)18-7-13-10-22-4-3-5-25(13)24-18/h6-8,22H,3-5,10H2,1-2H3,(H2,21,23). The van der Waals surface area contributed by atoms with Crippen LogP contribution in [-0.4, -0.2) is 21.3 Å². The number of nitrogens with two attached hydrogens (primary N) is 1. The number of rotatable bonds is 2. The van der Waals surface area contributed by atoms with Gasteiger partial charge in [0.2, 0.25) is 0 Å². The van der Waals surface area contributed by atoms with Crippen LogP contribution in [0.25, 0.3) is 22.5 Å². The van der Waals surface area contributed by atoms with Crippen LogP contribution in [0.4, 0.5) is 5.82 Å². The van der Waals surface area contributed by atoms with E-state index < -0.39 is 0 Å². The predicted octanol–water partition coefficient (Wildman–Crippen LogP) is 3.24. The zero-order valence-electron chi connectivity index (χ0n) is 14.8. The summed E-state index contributed by atoms with van der Waals surface area (Å²) >= 11 is 1.73. The van der Waals surface area contributed by atoms with Gasteiger partial charge in [0, 0.05) is 34.0 Å². The third-order valence-corrected chi connectivity index (χ3v) is 5.61. The van der Waals surface area contributed by atoms with E-state index in [9.17, 15) is 5.26 Å².